The van der Waals surface area contributed by atoms with E-state index in [1.54, 1.807) is 11.0 Å². The number of aromatic nitrogens is 1. The molecular formula is C12H13N3O3. The SMILES string of the molecule is CC(=O)N1c2nc(C(=O)O)ccc2N2CCC1C2. The second-order valence-corrected chi connectivity index (χ2v) is 4.62. The van der Waals surface area contributed by atoms with Crippen molar-refractivity contribution in [2.24, 2.45) is 0 Å². The molecule has 6 nitrogen and oxygen atoms in total. The zero-order valence-electron chi connectivity index (χ0n) is 9.96. The Morgan fingerprint density at radius 1 is 1.44 bits per heavy atom. The first-order valence-electron chi connectivity index (χ1n) is 5.87. The van der Waals surface area contributed by atoms with Gasteiger partial charge in [0.15, 0.2) is 11.5 Å². The molecule has 1 atom stereocenters. The van der Waals surface area contributed by atoms with Gasteiger partial charge in [0.1, 0.15) is 0 Å². The molecule has 1 aromatic rings. The van der Waals surface area contributed by atoms with Gasteiger partial charge in [-0.05, 0) is 18.6 Å². The standard InChI is InChI=1S/C12H13N3O3/c1-7(16)15-8-4-5-14(6-8)10-3-2-9(12(17)18)13-11(10)15/h2-3,8H,4-6H2,1H3,(H,17,18). The van der Waals surface area contributed by atoms with Gasteiger partial charge in [-0.15, -0.1) is 0 Å². The van der Waals surface area contributed by atoms with Crippen molar-refractivity contribution in [3.8, 4) is 0 Å². The normalized spacial score (nSPS) is 20.8. The Morgan fingerprint density at radius 3 is 2.89 bits per heavy atom. The number of carbonyl (C=O) groups excluding carboxylic acids is 1. The van der Waals surface area contributed by atoms with Crippen LogP contribution in [0.3, 0.4) is 0 Å². The lowest BCUT2D eigenvalue weighted by Gasteiger charge is -2.35. The average Bonchev–Trinajstić information content (AvgIpc) is 2.73. The van der Waals surface area contributed by atoms with Crippen LogP contribution in [-0.4, -0.2) is 41.1 Å². The molecule has 0 spiro atoms. The van der Waals surface area contributed by atoms with Crippen LogP contribution < -0.4 is 9.80 Å². The molecule has 2 bridgehead atoms. The zero-order chi connectivity index (χ0) is 12.9. The minimum atomic E-state index is -1.07. The van der Waals surface area contributed by atoms with Gasteiger partial charge in [-0.3, -0.25) is 9.69 Å². The van der Waals surface area contributed by atoms with Crippen LogP contribution in [0.4, 0.5) is 11.5 Å². The molecule has 0 radical (unpaired) electrons. The van der Waals surface area contributed by atoms with Crippen LogP contribution in [-0.2, 0) is 4.79 Å². The highest BCUT2D eigenvalue weighted by Crippen LogP contribution is 2.38. The predicted octanol–water partition coefficient (Wildman–Crippen LogP) is 0.725. The molecule has 0 aliphatic carbocycles. The van der Waals surface area contributed by atoms with E-state index in [1.165, 1.54) is 13.0 Å². The van der Waals surface area contributed by atoms with E-state index in [1.807, 2.05) is 0 Å². The van der Waals surface area contributed by atoms with E-state index in [0.29, 0.717) is 5.82 Å². The number of pyridine rings is 1. The minimum absolute atomic E-state index is 0.0255. The number of carboxylic acids is 1. The molecule has 2 aliphatic heterocycles. The molecule has 0 aromatic carbocycles. The second kappa shape index (κ2) is 3.69. The number of carbonyl (C=O) groups is 2. The number of hydrogen-bond acceptors (Lipinski definition) is 4. The molecule has 3 rings (SSSR count). The lowest BCUT2D eigenvalue weighted by Crippen LogP contribution is -2.45. The molecule has 2 aliphatic rings. The largest absolute Gasteiger partial charge is 0.477 e. The third kappa shape index (κ3) is 1.45. The van der Waals surface area contributed by atoms with Crippen LogP contribution in [0.2, 0.25) is 0 Å². The van der Waals surface area contributed by atoms with Gasteiger partial charge in [0, 0.05) is 20.0 Å². The van der Waals surface area contributed by atoms with E-state index in [-0.39, 0.29) is 17.6 Å². The number of hydrogen-bond donors (Lipinski definition) is 1. The summed E-state index contributed by atoms with van der Waals surface area (Å²) in [5, 5.41) is 8.98. The molecule has 1 fully saturated rings. The van der Waals surface area contributed by atoms with Crippen LogP contribution >= 0.6 is 0 Å². The van der Waals surface area contributed by atoms with Crippen molar-refractivity contribution in [1.82, 2.24) is 4.98 Å². The van der Waals surface area contributed by atoms with E-state index in [2.05, 4.69) is 9.88 Å². The number of carboxylic acid groups (broad SMARTS) is 1. The van der Waals surface area contributed by atoms with Crippen LogP contribution in [0.15, 0.2) is 12.1 Å². The Labute approximate surface area is 104 Å². The number of fused-ring (bicyclic) bond motifs is 4. The van der Waals surface area contributed by atoms with E-state index < -0.39 is 5.97 Å². The highest BCUT2D eigenvalue weighted by atomic mass is 16.4. The number of amides is 1. The summed E-state index contributed by atoms with van der Waals surface area (Å²) in [7, 11) is 0. The molecule has 94 valence electrons. The second-order valence-electron chi connectivity index (χ2n) is 4.62. The smallest absolute Gasteiger partial charge is 0.354 e. The Hall–Kier alpha value is -2.11. The lowest BCUT2D eigenvalue weighted by atomic mass is 10.1. The van der Waals surface area contributed by atoms with Crippen LogP contribution in [0, 0.1) is 0 Å². The van der Waals surface area contributed by atoms with Crippen molar-refractivity contribution in [2.75, 3.05) is 22.9 Å². The summed E-state index contributed by atoms with van der Waals surface area (Å²) in [5.41, 5.74) is 0.825. The fourth-order valence-electron chi connectivity index (χ4n) is 2.73. The molecular weight excluding hydrogens is 234 g/mol. The summed E-state index contributed by atoms with van der Waals surface area (Å²) >= 11 is 0. The van der Waals surface area contributed by atoms with E-state index in [4.69, 9.17) is 5.11 Å². The summed E-state index contributed by atoms with van der Waals surface area (Å²) in [6.07, 6.45) is 0.901. The molecule has 1 unspecified atom stereocenters. The number of aromatic carboxylic acids is 1. The van der Waals surface area contributed by atoms with Crippen LogP contribution in [0.5, 0.6) is 0 Å². The fraction of sp³-hybridized carbons (Fsp3) is 0.417. The topological polar surface area (TPSA) is 73.7 Å². The van der Waals surface area contributed by atoms with E-state index >= 15 is 0 Å². The third-order valence-corrected chi connectivity index (χ3v) is 3.51. The Morgan fingerprint density at radius 2 is 2.22 bits per heavy atom. The molecule has 3 heterocycles. The van der Waals surface area contributed by atoms with Crippen LogP contribution in [0.1, 0.15) is 23.8 Å². The summed E-state index contributed by atoms with van der Waals surface area (Å²) < 4.78 is 0. The number of rotatable bonds is 1. The number of anilines is 2. The Kier molecular flexibility index (Phi) is 2.26. The van der Waals surface area contributed by atoms with Gasteiger partial charge in [-0.2, -0.15) is 0 Å². The first-order valence-corrected chi connectivity index (χ1v) is 5.87. The molecule has 1 aromatic heterocycles. The predicted molar refractivity (Wildman–Crippen MR) is 65.0 cm³/mol. The zero-order valence-corrected chi connectivity index (χ0v) is 9.96. The first kappa shape index (κ1) is 11.0. The fourth-order valence-corrected chi connectivity index (χ4v) is 2.73. The van der Waals surface area contributed by atoms with E-state index in [9.17, 15) is 9.59 Å². The quantitative estimate of drug-likeness (QED) is 0.791. The van der Waals surface area contributed by atoms with Gasteiger partial charge in [0.25, 0.3) is 0 Å². The van der Waals surface area contributed by atoms with Crippen molar-refractivity contribution in [2.45, 2.75) is 19.4 Å². The average molecular weight is 247 g/mol. The highest BCUT2D eigenvalue weighted by Gasteiger charge is 2.39. The summed E-state index contributed by atoms with van der Waals surface area (Å²) in [4.78, 5) is 30.6. The molecule has 1 amide bonds. The van der Waals surface area contributed by atoms with Gasteiger partial charge < -0.3 is 10.0 Å². The van der Waals surface area contributed by atoms with E-state index in [0.717, 1.165) is 25.2 Å². The molecule has 18 heavy (non-hydrogen) atoms. The molecule has 1 N–H and O–H groups in total. The van der Waals surface area contributed by atoms with Gasteiger partial charge >= 0.3 is 5.97 Å². The third-order valence-electron chi connectivity index (χ3n) is 3.51. The molecule has 0 saturated carbocycles. The Balaban J connectivity index is 2.15. The van der Waals surface area contributed by atoms with Crippen molar-refractivity contribution in [1.29, 1.82) is 0 Å². The molecule has 6 heteroatoms. The maximum absolute atomic E-state index is 11.8. The monoisotopic (exact) mass is 247 g/mol. The van der Waals surface area contributed by atoms with Crippen molar-refractivity contribution in [3.05, 3.63) is 17.8 Å². The first-order chi connectivity index (χ1) is 8.58. The van der Waals surface area contributed by atoms with Crippen molar-refractivity contribution in [3.63, 3.8) is 0 Å². The summed E-state index contributed by atoms with van der Waals surface area (Å²) in [6, 6.07) is 3.34. The maximum Gasteiger partial charge on any atom is 0.354 e. The summed E-state index contributed by atoms with van der Waals surface area (Å²) in [6.45, 7) is 3.18. The highest BCUT2D eigenvalue weighted by molar-refractivity contribution is 5.97. The van der Waals surface area contributed by atoms with Gasteiger partial charge in [0.05, 0.1) is 11.7 Å². The molecule has 1 saturated heterocycles. The van der Waals surface area contributed by atoms with Crippen molar-refractivity contribution < 1.29 is 14.7 Å². The Bertz CT molecular complexity index is 543. The van der Waals surface area contributed by atoms with Gasteiger partial charge in [-0.25, -0.2) is 9.78 Å². The van der Waals surface area contributed by atoms with Gasteiger partial charge in [-0.1, -0.05) is 0 Å². The summed E-state index contributed by atoms with van der Waals surface area (Å²) in [5.74, 6) is -0.678. The van der Waals surface area contributed by atoms with Gasteiger partial charge in [0.2, 0.25) is 5.91 Å². The van der Waals surface area contributed by atoms with Crippen molar-refractivity contribution >= 4 is 23.4 Å². The number of nitrogens with zero attached hydrogens (tertiary/aromatic N) is 3. The van der Waals surface area contributed by atoms with Crippen LogP contribution in [0.25, 0.3) is 0 Å². The lowest BCUT2D eigenvalue weighted by molar-refractivity contribution is -0.117. The maximum atomic E-state index is 11.8. The minimum Gasteiger partial charge on any atom is -0.477 e.